The van der Waals surface area contributed by atoms with Crippen LogP contribution in [0.2, 0.25) is 0 Å². The maximum atomic E-state index is 12.9. The van der Waals surface area contributed by atoms with Crippen molar-refractivity contribution in [1.82, 2.24) is 4.98 Å². The molecule has 0 unspecified atom stereocenters. The van der Waals surface area contributed by atoms with Gasteiger partial charge in [0.2, 0.25) is 0 Å². The number of fused-ring (bicyclic) bond motifs is 3. The fourth-order valence-electron chi connectivity index (χ4n) is 2.94. The molecule has 0 N–H and O–H groups in total. The van der Waals surface area contributed by atoms with Gasteiger partial charge in [-0.3, -0.25) is 4.90 Å². The molecular formula is C20H25BrN2O3S. The summed E-state index contributed by atoms with van der Waals surface area (Å²) in [6, 6.07) is 3.97. The Morgan fingerprint density at radius 3 is 2.59 bits per heavy atom. The van der Waals surface area contributed by atoms with E-state index in [-0.39, 0.29) is 0 Å². The third-order valence-electron chi connectivity index (χ3n) is 3.98. The van der Waals surface area contributed by atoms with E-state index in [1.54, 1.807) is 22.4 Å². The van der Waals surface area contributed by atoms with Crippen molar-refractivity contribution in [3.63, 3.8) is 0 Å². The zero-order valence-electron chi connectivity index (χ0n) is 16.6. The van der Waals surface area contributed by atoms with Crippen LogP contribution in [0.5, 0.6) is 5.75 Å². The molecule has 7 heteroatoms. The summed E-state index contributed by atoms with van der Waals surface area (Å²) in [5.74, 6) is 1.26. The highest BCUT2D eigenvalue weighted by molar-refractivity contribution is 9.11. The van der Waals surface area contributed by atoms with Crippen LogP contribution in [0.1, 0.15) is 47.1 Å². The number of hydrogen-bond acceptors (Lipinski definition) is 5. The molecule has 1 aliphatic rings. The molecule has 0 bridgehead atoms. The number of anilines is 1. The van der Waals surface area contributed by atoms with Gasteiger partial charge in [-0.2, -0.15) is 0 Å². The minimum absolute atomic E-state index is 0.421. The number of rotatable bonds is 1. The topological polar surface area (TPSA) is 51.7 Å². The van der Waals surface area contributed by atoms with E-state index in [0.29, 0.717) is 12.4 Å². The lowest BCUT2D eigenvalue weighted by Gasteiger charge is -2.36. The number of hydrogen-bond donors (Lipinski definition) is 0. The summed E-state index contributed by atoms with van der Waals surface area (Å²) in [4.78, 5) is 20.2. The Kier molecular flexibility index (Phi) is 5.29. The molecule has 2 aromatic rings. The van der Waals surface area contributed by atoms with Crippen LogP contribution in [0.25, 0.3) is 10.4 Å². The van der Waals surface area contributed by atoms with Crippen molar-refractivity contribution < 1.29 is 14.3 Å². The first-order valence-electron chi connectivity index (χ1n) is 8.90. The molecular weight excluding hydrogens is 428 g/mol. The second-order valence-electron chi connectivity index (χ2n) is 8.53. The highest BCUT2D eigenvalue weighted by Crippen LogP contribution is 2.43. The van der Waals surface area contributed by atoms with Gasteiger partial charge >= 0.3 is 6.09 Å². The monoisotopic (exact) mass is 452 g/mol. The number of carbonyl (C=O) groups is 1. The van der Waals surface area contributed by atoms with Gasteiger partial charge in [0.25, 0.3) is 0 Å². The lowest BCUT2D eigenvalue weighted by molar-refractivity contribution is 0.0549. The smallest absolute Gasteiger partial charge is 0.416 e. The highest BCUT2D eigenvalue weighted by Gasteiger charge is 2.34. The fraction of sp³-hybridized carbons (Fsp3) is 0.500. The third-order valence-corrected chi connectivity index (χ3v) is 5.69. The van der Waals surface area contributed by atoms with Gasteiger partial charge in [-0.25, -0.2) is 9.78 Å². The van der Waals surface area contributed by atoms with Crippen LogP contribution in [0.4, 0.5) is 10.6 Å². The van der Waals surface area contributed by atoms with E-state index in [1.807, 2.05) is 47.6 Å². The average molecular weight is 453 g/mol. The van der Waals surface area contributed by atoms with Crippen molar-refractivity contribution in [1.29, 1.82) is 0 Å². The lowest BCUT2D eigenvalue weighted by atomic mass is 10.1. The Morgan fingerprint density at radius 1 is 1.26 bits per heavy atom. The number of carbonyl (C=O) groups excluding carboxylic acids is 1. The van der Waals surface area contributed by atoms with Gasteiger partial charge < -0.3 is 9.47 Å². The second-order valence-corrected chi connectivity index (χ2v) is 11.0. The summed E-state index contributed by atoms with van der Waals surface area (Å²) in [6.07, 6.45) is 2.22. The average Bonchev–Trinajstić information content (AvgIpc) is 2.77. The standard InChI is InChI=1S/C20H25BrN2O3S/c1-19(2,3)23(18(24)26-20(4,5)6)16-10-14-13(11-22-16)17-12(7-8-25-14)9-15(21)27-17/h9-11H,7-8H2,1-6H3. The molecule has 27 heavy (non-hydrogen) atoms. The van der Waals surface area contributed by atoms with E-state index < -0.39 is 17.2 Å². The van der Waals surface area contributed by atoms with E-state index in [9.17, 15) is 4.79 Å². The SMILES string of the molecule is CC(C)(C)OC(=O)N(c1cc2c(cn1)-c1sc(Br)cc1CCO2)C(C)(C)C. The lowest BCUT2D eigenvalue weighted by Crippen LogP contribution is -2.48. The van der Waals surface area contributed by atoms with Crippen LogP contribution < -0.4 is 9.64 Å². The molecule has 0 atom stereocenters. The van der Waals surface area contributed by atoms with Crippen molar-refractivity contribution in [3.05, 3.63) is 27.7 Å². The summed E-state index contributed by atoms with van der Waals surface area (Å²) in [5.41, 5.74) is 1.13. The number of pyridine rings is 1. The largest absolute Gasteiger partial charge is 0.492 e. The quantitative estimate of drug-likeness (QED) is 0.528. The molecule has 0 fully saturated rings. The van der Waals surface area contributed by atoms with Gasteiger partial charge in [0.1, 0.15) is 17.2 Å². The summed E-state index contributed by atoms with van der Waals surface area (Å²) in [5, 5.41) is 0. The van der Waals surface area contributed by atoms with E-state index in [0.717, 1.165) is 26.4 Å². The summed E-state index contributed by atoms with van der Waals surface area (Å²) in [6.45, 7) is 12.0. The zero-order chi connectivity index (χ0) is 20.0. The molecule has 1 aliphatic heterocycles. The molecule has 5 nitrogen and oxygen atoms in total. The molecule has 146 valence electrons. The van der Waals surface area contributed by atoms with Gasteiger partial charge in [-0.15, -0.1) is 11.3 Å². The van der Waals surface area contributed by atoms with Crippen LogP contribution in [-0.4, -0.2) is 28.8 Å². The Hall–Kier alpha value is -1.60. The van der Waals surface area contributed by atoms with Crippen molar-refractivity contribution in [3.8, 4) is 16.2 Å². The molecule has 1 amide bonds. The molecule has 2 aromatic heterocycles. The predicted octanol–water partition coefficient (Wildman–Crippen LogP) is 6.05. The molecule has 0 saturated heterocycles. The summed E-state index contributed by atoms with van der Waals surface area (Å²) >= 11 is 5.24. The highest BCUT2D eigenvalue weighted by atomic mass is 79.9. The van der Waals surface area contributed by atoms with Crippen LogP contribution in [-0.2, 0) is 11.2 Å². The maximum Gasteiger partial charge on any atom is 0.416 e. The van der Waals surface area contributed by atoms with Gasteiger partial charge in [-0.05, 0) is 69.1 Å². The zero-order valence-corrected chi connectivity index (χ0v) is 19.0. The Bertz CT molecular complexity index is 865. The normalized spacial score (nSPS) is 13.9. The number of ether oxygens (including phenoxy) is 2. The van der Waals surface area contributed by atoms with Crippen LogP contribution >= 0.6 is 27.3 Å². The van der Waals surface area contributed by atoms with E-state index in [2.05, 4.69) is 27.0 Å². The second kappa shape index (κ2) is 7.09. The van der Waals surface area contributed by atoms with E-state index in [4.69, 9.17) is 9.47 Å². The first kappa shape index (κ1) is 20.1. The molecule has 0 aromatic carbocycles. The molecule has 3 heterocycles. The number of nitrogens with zero attached hydrogens (tertiary/aromatic N) is 2. The first-order valence-corrected chi connectivity index (χ1v) is 10.5. The van der Waals surface area contributed by atoms with Crippen molar-refractivity contribution in [2.45, 2.75) is 59.1 Å². The third kappa shape index (κ3) is 4.46. The van der Waals surface area contributed by atoms with Gasteiger partial charge in [-0.1, -0.05) is 0 Å². The number of halogens is 1. The van der Waals surface area contributed by atoms with E-state index in [1.165, 1.54) is 5.56 Å². The molecule has 0 aliphatic carbocycles. The first-order chi connectivity index (χ1) is 12.5. The minimum atomic E-state index is -0.582. The van der Waals surface area contributed by atoms with Crippen molar-refractivity contribution in [2.75, 3.05) is 11.5 Å². The fourth-order valence-corrected chi connectivity index (χ4v) is 4.65. The maximum absolute atomic E-state index is 12.9. The summed E-state index contributed by atoms with van der Waals surface area (Å²) < 4.78 is 12.7. The van der Waals surface area contributed by atoms with Gasteiger partial charge in [0.05, 0.1) is 16.0 Å². The van der Waals surface area contributed by atoms with Gasteiger partial charge in [0.15, 0.2) is 0 Å². The summed E-state index contributed by atoms with van der Waals surface area (Å²) in [7, 11) is 0. The number of thiophene rings is 1. The predicted molar refractivity (Wildman–Crippen MR) is 113 cm³/mol. The number of aromatic nitrogens is 1. The van der Waals surface area contributed by atoms with Crippen molar-refractivity contribution >= 4 is 39.2 Å². The van der Waals surface area contributed by atoms with Gasteiger partial charge in [0, 0.05) is 29.1 Å². The Labute approximate surface area is 172 Å². The van der Waals surface area contributed by atoms with E-state index >= 15 is 0 Å². The van der Waals surface area contributed by atoms with Crippen LogP contribution in [0.3, 0.4) is 0 Å². The molecule has 3 rings (SSSR count). The Balaban J connectivity index is 2.04. The van der Waals surface area contributed by atoms with Crippen LogP contribution in [0, 0.1) is 0 Å². The molecule has 0 radical (unpaired) electrons. The Morgan fingerprint density at radius 2 is 1.96 bits per heavy atom. The van der Waals surface area contributed by atoms with Crippen molar-refractivity contribution in [2.24, 2.45) is 0 Å². The number of amides is 1. The molecule has 0 saturated carbocycles. The molecule has 0 spiro atoms. The minimum Gasteiger partial charge on any atom is -0.492 e. The van der Waals surface area contributed by atoms with Crippen LogP contribution in [0.15, 0.2) is 22.1 Å².